The van der Waals surface area contributed by atoms with E-state index in [1.807, 2.05) is 5.43 Å². The van der Waals surface area contributed by atoms with E-state index in [1.54, 1.807) is 0 Å². The molecule has 0 aliphatic carbocycles. The molecule has 182 valence electrons. The lowest BCUT2D eigenvalue weighted by atomic mass is 10.2. The van der Waals surface area contributed by atoms with Crippen molar-refractivity contribution in [2.75, 3.05) is 5.32 Å². The molecule has 0 fully saturated rings. The molecule has 0 aliphatic rings. The monoisotopic (exact) mass is 527 g/mol. The summed E-state index contributed by atoms with van der Waals surface area (Å²) in [4.78, 5) is 24.0. The second-order valence-electron chi connectivity index (χ2n) is 6.90. The molecule has 0 heterocycles. The molecule has 0 bridgehead atoms. The first-order valence-corrected chi connectivity index (χ1v) is 10.5. The number of carbonyl (C=O) groups excluding carboxylic acids is 2. The third-order valence-corrected chi connectivity index (χ3v) is 5.02. The van der Waals surface area contributed by atoms with Crippen molar-refractivity contribution in [3.63, 3.8) is 0 Å². The highest BCUT2D eigenvalue weighted by Crippen LogP contribution is 2.30. The first-order valence-electron chi connectivity index (χ1n) is 9.71. The molecule has 3 aromatic rings. The second-order valence-corrected chi connectivity index (χ2v) is 7.75. The number of hydrazone groups is 1. The van der Waals surface area contributed by atoms with E-state index >= 15 is 0 Å². The molecule has 0 saturated heterocycles. The number of nitrogens with zero attached hydrogens (tertiary/aromatic N) is 1. The van der Waals surface area contributed by atoms with Gasteiger partial charge >= 0.3 is 18.0 Å². The van der Waals surface area contributed by atoms with Gasteiger partial charge in [-0.05, 0) is 48.5 Å². The van der Waals surface area contributed by atoms with Gasteiger partial charge in [0.25, 0.3) is 0 Å². The fraction of sp³-hybridized carbons (Fsp3) is 0.0870. The Bertz CT molecular complexity index is 1260. The van der Waals surface area contributed by atoms with Gasteiger partial charge in [0.05, 0.1) is 16.8 Å². The van der Waals surface area contributed by atoms with E-state index in [1.165, 1.54) is 42.5 Å². The summed E-state index contributed by atoms with van der Waals surface area (Å²) >= 11 is 12.0. The van der Waals surface area contributed by atoms with Crippen LogP contribution in [0.4, 0.5) is 23.2 Å². The van der Waals surface area contributed by atoms with Gasteiger partial charge in [0.2, 0.25) is 0 Å². The molecule has 2 N–H and O–H groups in total. The van der Waals surface area contributed by atoms with Crippen LogP contribution in [0.1, 0.15) is 16.7 Å². The first kappa shape index (κ1) is 26.0. The number of anilines is 1. The zero-order valence-corrected chi connectivity index (χ0v) is 19.0. The predicted octanol–water partition coefficient (Wildman–Crippen LogP) is 5.82. The molecule has 0 aromatic heterocycles. The lowest BCUT2D eigenvalue weighted by Gasteiger charge is -2.11. The Morgan fingerprint density at radius 3 is 2.46 bits per heavy atom. The number of amides is 2. The molecule has 0 saturated carbocycles. The summed E-state index contributed by atoms with van der Waals surface area (Å²) in [5.41, 5.74) is 1.16. The predicted molar refractivity (Wildman–Crippen MR) is 123 cm³/mol. The normalized spacial score (nSPS) is 11.4. The van der Waals surface area contributed by atoms with E-state index in [2.05, 4.69) is 10.4 Å². The molecule has 0 aliphatic heterocycles. The van der Waals surface area contributed by atoms with Crippen LogP contribution in [-0.4, -0.2) is 18.0 Å². The summed E-state index contributed by atoms with van der Waals surface area (Å²) in [6, 6.07) is 12.4. The molecule has 3 rings (SSSR count). The standard InChI is InChI=1S/C23H15Cl2F4N3O3/c24-15-7-8-20(35-12-17-18(25)5-2-6-19(17)26)13(9-15)11-30-32-22(34)21(33)31-16-4-1-3-14(10-16)23(27,28)29/h1-11H,12H2,(H,31,33)(H,32,34)/b30-11-. The van der Waals surface area contributed by atoms with Crippen LogP contribution in [0.5, 0.6) is 5.75 Å². The highest BCUT2D eigenvalue weighted by molar-refractivity contribution is 6.39. The SMILES string of the molecule is O=C(N/N=C\c1cc(Cl)ccc1OCc1c(F)cccc1Cl)C(=O)Nc1cccc(C(F)(F)F)c1. The molecule has 0 unspecified atom stereocenters. The molecule has 35 heavy (non-hydrogen) atoms. The lowest BCUT2D eigenvalue weighted by molar-refractivity contribution is -0.137. The molecule has 12 heteroatoms. The van der Waals surface area contributed by atoms with E-state index in [9.17, 15) is 27.2 Å². The summed E-state index contributed by atoms with van der Waals surface area (Å²) in [7, 11) is 0. The van der Waals surface area contributed by atoms with Crippen LogP contribution in [0.3, 0.4) is 0 Å². The molecule has 0 spiro atoms. The molecular formula is C23H15Cl2F4N3O3. The highest BCUT2D eigenvalue weighted by atomic mass is 35.5. The number of nitrogens with one attached hydrogen (secondary N) is 2. The van der Waals surface area contributed by atoms with Gasteiger partial charge in [-0.25, -0.2) is 9.82 Å². The Balaban J connectivity index is 1.65. The summed E-state index contributed by atoms with van der Waals surface area (Å²) in [6.45, 7) is -0.209. The molecule has 0 atom stereocenters. The highest BCUT2D eigenvalue weighted by Gasteiger charge is 2.30. The quantitative estimate of drug-likeness (QED) is 0.183. The van der Waals surface area contributed by atoms with Crippen LogP contribution in [0.15, 0.2) is 65.8 Å². The van der Waals surface area contributed by atoms with Gasteiger partial charge < -0.3 is 10.1 Å². The lowest BCUT2D eigenvalue weighted by Crippen LogP contribution is -2.32. The number of halogens is 6. The summed E-state index contributed by atoms with van der Waals surface area (Å²) in [6.07, 6.45) is -3.48. The van der Waals surface area contributed by atoms with Crippen molar-refractivity contribution in [2.45, 2.75) is 12.8 Å². The van der Waals surface area contributed by atoms with E-state index in [0.29, 0.717) is 11.1 Å². The number of hydrogen-bond acceptors (Lipinski definition) is 4. The maximum Gasteiger partial charge on any atom is 0.416 e. The third-order valence-electron chi connectivity index (χ3n) is 4.43. The largest absolute Gasteiger partial charge is 0.488 e. The fourth-order valence-corrected chi connectivity index (χ4v) is 3.14. The van der Waals surface area contributed by atoms with Crippen LogP contribution in [0.2, 0.25) is 10.0 Å². The molecule has 3 aromatic carbocycles. The molecular weight excluding hydrogens is 513 g/mol. The first-order chi connectivity index (χ1) is 16.5. The maximum atomic E-state index is 14.0. The van der Waals surface area contributed by atoms with Gasteiger partial charge in [0, 0.05) is 21.8 Å². The Kier molecular flexibility index (Phi) is 8.31. The smallest absolute Gasteiger partial charge is 0.416 e. The van der Waals surface area contributed by atoms with Crippen LogP contribution >= 0.6 is 23.2 Å². The van der Waals surface area contributed by atoms with Crippen molar-refractivity contribution < 1.29 is 31.9 Å². The maximum absolute atomic E-state index is 14.0. The van der Waals surface area contributed by atoms with E-state index in [4.69, 9.17) is 27.9 Å². The number of hydrogen-bond donors (Lipinski definition) is 2. The van der Waals surface area contributed by atoms with Gasteiger partial charge in [0.15, 0.2) is 0 Å². The minimum Gasteiger partial charge on any atom is -0.488 e. The topological polar surface area (TPSA) is 79.8 Å². The van der Waals surface area contributed by atoms with Crippen LogP contribution in [-0.2, 0) is 22.4 Å². The fourth-order valence-electron chi connectivity index (χ4n) is 2.74. The second kappa shape index (κ2) is 11.2. The van der Waals surface area contributed by atoms with Crippen LogP contribution < -0.4 is 15.5 Å². The van der Waals surface area contributed by atoms with Crippen molar-refractivity contribution in [1.82, 2.24) is 5.43 Å². The Morgan fingerprint density at radius 2 is 1.74 bits per heavy atom. The van der Waals surface area contributed by atoms with Gasteiger partial charge in [-0.2, -0.15) is 18.3 Å². The number of ether oxygens (including phenoxy) is 1. The Labute approximate surface area is 206 Å². The third kappa shape index (κ3) is 7.17. The molecule has 0 radical (unpaired) electrons. The zero-order valence-electron chi connectivity index (χ0n) is 17.5. The van der Waals surface area contributed by atoms with Crippen molar-refractivity contribution >= 4 is 46.9 Å². The number of benzene rings is 3. The van der Waals surface area contributed by atoms with Gasteiger partial charge in [-0.3, -0.25) is 9.59 Å². The Morgan fingerprint density at radius 1 is 1.00 bits per heavy atom. The minimum absolute atomic E-state index is 0.131. The van der Waals surface area contributed by atoms with Crippen molar-refractivity contribution in [2.24, 2.45) is 5.10 Å². The van der Waals surface area contributed by atoms with E-state index in [-0.39, 0.29) is 34.2 Å². The average molecular weight is 528 g/mol. The van der Waals surface area contributed by atoms with Gasteiger partial charge in [-0.15, -0.1) is 0 Å². The van der Waals surface area contributed by atoms with E-state index in [0.717, 1.165) is 18.3 Å². The van der Waals surface area contributed by atoms with Crippen molar-refractivity contribution in [1.29, 1.82) is 0 Å². The average Bonchev–Trinajstić information content (AvgIpc) is 2.79. The number of rotatable bonds is 6. The van der Waals surface area contributed by atoms with Crippen molar-refractivity contribution in [3.05, 3.63) is 93.2 Å². The number of carbonyl (C=O) groups is 2. The Hall–Kier alpha value is -3.63. The van der Waals surface area contributed by atoms with Gasteiger partial charge in [-0.1, -0.05) is 35.3 Å². The summed E-state index contributed by atoms with van der Waals surface area (Å²) in [5.74, 6) is -2.81. The number of alkyl halides is 3. The molecule has 2 amide bonds. The minimum atomic E-state index is -4.61. The molecule has 6 nitrogen and oxygen atoms in total. The summed E-state index contributed by atoms with van der Waals surface area (Å²) in [5, 5.41) is 6.18. The van der Waals surface area contributed by atoms with Gasteiger partial charge in [0.1, 0.15) is 18.2 Å². The van der Waals surface area contributed by atoms with Crippen molar-refractivity contribution in [3.8, 4) is 5.75 Å². The van der Waals surface area contributed by atoms with Crippen LogP contribution in [0.25, 0.3) is 0 Å². The zero-order chi connectivity index (χ0) is 25.6. The van der Waals surface area contributed by atoms with E-state index < -0.39 is 29.4 Å². The summed E-state index contributed by atoms with van der Waals surface area (Å²) < 4.78 is 57.9. The van der Waals surface area contributed by atoms with Crippen LogP contribution in [0, 0.1) is 5.82 Å².